The Morgan fingerprint density at radius 2 is 1.81 bits per heavy atom. The van der Waals surface area contributed by atoms with E-state index in [2.05, 4.69) is 16.0 Å². The van der Waals surface area contributed by atoms with Gasteiger partial charge in [0.25, 0.3) is 0 Å². The Bertz CT molecular complexity index is 373. The smallest absolute Gasteiger partial charge is 0.314 e. The molecule has 2 atom stereocenters. The fourth-order valence-electron chi connectivity index (χ4n) is 2.64. The van der Waals surface area contributed by atoms with Gasteiger partial charge in [-0.2, -0.15) is 0 Å². The van der Waals surface area contributed by atoms with Crippen molar-refractivity contribution in [1.29, 1.82) is 0 Å². The molecule has 1 saturated carbocycles. The highest BCUT2D eigenvalue weighted by Crippen LogP contribution is 2.29. The van der Waals surface area contributed by atoms with Gasteiger partial charge >= 0.3 is 12.0 Å². The summed E-state index contributed by atoms with van der Waals surface area (Å²) in [5, 5.41) is 17.1. The number of rotatable bonds is 7. The lowest BCUT2D eigenvalue weighted by Crippen LogP contribution is -2.42. The Morgan fingerprint density at radius 3 is 2.48 bits per heavy atom. The third-order valence-corrected chi connectivity index (χ3v) is 3.76. The van der Waals surface area contributed by atoms with Crippen LogP contribution in [-0.4, -0.2) is 42.6 Å². The van der Waals surface area contributed by atoms with Crippen LogP contribution < -0.4 is 16.0 Å². The summed E-state index contributed by atoms with van der Waals surface area (Å²) < 4.78 is 0. The first-order valence-electron chi connectivity index (χ1n) is 7.55. The van der Waals surface area contributed by atoms with E-state index in [0.29, 0.717) is 19.5 Å². The van der Waals surface area contributed by atoms with E-state index in [1.807, 2.05) is 6.92 Å². The Hall–Kier alpha value is -1.79. The number of urea groups is 1. The van der Waals surface area contributed by atoms with E-state index in [1.165, 1.54) is 0 Å². The summed E-state index contributed by atoms with van der Waals surface area (Å²) in [7, 11) is 0. The number of carbonyl (C=O) groups excluding carboxylic acids is 2. The van der Waals surface area contributed by atoms with Crippen LogP contribution in [0, 0.1) is 11.8 Å². The second-order valence-corrected chi connectivity index (χ2v) is 5.33. The largest absolute Gasteiger partial charge is 0.481 e. The van der Waals surface area contributed by atoms with E-state index in [0.717, 1.165) is 19.3 Å². The van der Waals surface area contributed by atoms with Gasteiger partial charge in [-0.3, -0.25) is 9.59 Å². The highest BCUT2D eigenvalue weighted by Gasteiger charge is 2.30. The predicted molar refractivity (Wildman–Crippen MR) is 77.8 cm³/mol. The van der Waals surface area contributed by atoms with Crippen molar-refractivity contribution in [2.75, 3.05) is 19.6 Å². The number of hydrogen-bond acceptors (Lipinski definition) is 3. The minimum Gasteiger partial charge on any atom is -0.481 e. The van der Waals surface area contributed by atoms with Crippen molar-refractivity contribution >= 4 is 17.9 Å². The average molecular weight is 299 g/mol. The molecule has 0 aromatic rings. The quantitative estimate of drug-likeness (QED) is 0.555. The van der Waals surface area contributed by atoms with Crippen molar-refractivity contribution in [2.45, 2.75) is 39.0 Å². The Labute approximate surface area is 124 Å². The van der Waals surface area contributed by atoms with Gasteiger partial charge in [-0.1, -0.05) is 12.8 Å². The summed E-state index contributed by atoms with van der Waals surface area (Å²) in [6, 6.07) is -0.353. The van der Waals surface area contributed by atoms with Crippen molar-refractivity contribution in [2.24, 2.45) is 11.8 Å². The molecule has 0 spiro atoms. The van der Waals surface area contributed by atoms with E-state index < -0.39 is 5.97 Å². The van der Waals surface area contributed by atoms with Gasteiger partial charge in [-0.15, -0.1) is 0 Å². The number of carbonyl (C=O) groups is 3. The van der Waals surface area contributed by atoms with Crippen molar-refractivity contribution in [3.8, 4) is 0 Å². The topological polar surface area (TPSA) is 108 Å². The predicted octanol–water partition coefficient (Wildman–Crippen LogP) is 0.703. The molecule has 0 aliphatic heterocycles. The standard InChI is InChI=1S/C14H25N3O4/c1-2-15-12(18)7-8-16-14(21)17-9-10-5-3-4-6-11(10)13(19)20/h10-11H,2-9H2,1H3,(H,15,18)(H,19,20)(H2,16,17,21). The third-order valence-electron chi connectivity index (χ3n) is 3.76. The van der Waals surface area contributed by atoms with Gasteiger partial charge < -0.3 is 21.1 Å². The fourth-order valence-corrected chi connectivity index (χ4v) is 2.64. The normalized spacial score (nSPS) is 21.4. The summed E-state index contributed by atoms with van der Waals surface area (Å²) in [6.07, 6.45) is 3.69. The first-order valence-corrected chi connectivity index (χ1v) is 7.55. The van der Waals surface area contributed by atoms with Gasteiger partial charge in [-0.05, 0) is 25.7 Å². The van der Waals surface area contributed by atoms with Crippen LogP contribution in [0.4, 0.5) is 4.79 Å². The number of hydrogen-bond donors (Lipinski definition) is 4. The van der Waals surface area contributed by atoms with Gasteiger partial charge in [0, 0.05) is 26.1 Å². The van der Waals surface area contributed by atoms with Gasteiger partial charge in [0.1, 0.15) is 0 Å². The van der Waals surface area contributed by atoms with E-state index in [-0.39, 0.29) is 36.7 Å². The molecule has 0 saturated heterocycles. The molecule has 0 aromatic carbocycles. The Balaban J connectivity index is 2.22. The fraction of sp³-hybridized carbons (Fsp3) is 0.786. The van der Waals surface area contributed by atoms with Crippen molar-refractivity contribution in [1.82, 2.24) is 16.0 Å². The van der Waals surface area contributed by atoms with E-state index in [9.17, 15) is 14.4 Å². The molecule has 0 heterocycles. The first kappa shape index (κ1) is 17.3. The van der Waals surface area contributed by atoms with Crippen molar-refractivity contribution in [3.05, 3.63) is 0 Å². The summed E-state index contributed by atoms with van der Waals surface area (Å²) >= 11 is 0. The van der Waals surface area contributed by atoms with Crippen LogP contribution in [0.3, 0.4) is 0 Å². The minimum absolute atomic E-state index is 0.00890. The molecule has 4 N–H and O–H groups in total. The SMILES string of the molecule is CCNC(=O)CCNC(=O)NCC1CCCCC1C(=O)O. The number of carboxylic acids is 1. The van der Waals surface area contributed by atoms with Crippen LogP contribution in [0.5, 0.6) is 0 Å². The van der Waals surface area contributed by atoms with Crippen LogP contribution in [0.25, 0.3) is 0 Å². The van der Waals surface area contributed by atoms with Gasteiger partial charge in [-0.25, -0.2) is 4.79 Å². The van der Waals surface area contributed by atoms with Crippen LogP contribution in [0.1, 0.15) is 39.0 Å². The molecule has 1 rings (SSSR count). The molecule has 0 aromatic heterocycles. The zero-order chi connectivity index (χ0) is 15.7. The molecule has 1 aliphatic rings. The molecule has 7 heteroatoms. The molecule has 21 heavy (non-hydrogen) atoms. The first-order chi connectivity index (χ1) is 10.0. The molecule has 1 aliphatic carbocycles. The summed E-state index contributed by atoms with van der Waals surface area (Å²) in [6.45, 7) is 3.04. The maximum Gasteiger partial charge on any atom is 0.314 e. The van der Waals surface area contributed by atoms with Gasteiger partial charge in [0.05, 0.1) is 5.92 Å². The highest BCUT2D eigenvalue weighted by atomic mass is 16.4. The third kappa shape index (κ3) is 6.46. The van der Waals surface area contributed by atoms with Crippen LogP contribution in [-0.2, 0) is 9.59 Å². The monoisotopic (exact) mass is 299 g/mol. The second kappa shape index (κ2) is 9.20. The summed E-state index contributed by atoms with van der Waals surface area (Å²) in [5.74, 6) is -1.26. The van der Waals surface area contributed by atoms with Gasteiger partial charge in [0.2, 0.25) is 5.91 Å². The lowest BCUT2D eigenvalue weighted by atomic mass is 9.79. The summed E-state index contributed by atoms with van der Waals surface area (Å²) in [4.78, 5) is 33.9. The molecule has 0 bridgehead atoms. The molecule has 120 valence electrons. The van der Waals surface area contributed by atoms with Crippen LogP contribution >= 0.6 is 0 Å². The van der Waals surface area contributed by atoms with E-state index >= 15 is 0 Å². The van der Waals surface area contributed by atoms with Crippen LogP contribution in [0.15, 0.2) is 0 Å². The maximum absolute atomic E-state index is 11.6. The Morgan fingerprint density at radius 1 is 1.10 bits per heavy atom. The second-order valence-electron chi connectivity index (χ2n) is 5.33. The maximum atomic E-state index is 11.6. The molecule has 3 amide bonds. The van der Waals surface area contributed by atoms with Gasteiger partial charge in [0.15, 0.2) is 0 Å². The molecule has 7 nitrogen and oxygen atoms in total. The van der Waals surface area contributed by atoms with Crippen molar-refractivity contribution in [3.63, 3.8) is 0 Å². The van der Waals surface area contributed by atoms with Crippen molar-refractivity contribution < 1.29 is 19.5 Å². The lowest BCUT2D eigenvalue weighted by Gasteiger charge is -2.28. The molecular weight excluding hydrogens is 274 g/mol. The molecule has 2 unspecified atom stereocenters. The Kier molecular flexibility index (Phi) is 7.56. The van der Waals surface area contributed by atoms with E-state index in [4.69, 9.17) is 5.11 Å². The number of amides is 3. The minimum atomic E-state index is -0.779. The van der Waals surface area contributed by atoms with E-state index in [1.54, 1.807) is 0 Å². The van der Waals surface area contributed by atoms with Crippen LogP contribution in [0.2, 0.25) is 0 Å². The zero-order valence-corrected chi connectivity index (χ0v) is 12.5. The highest BCUT2D eigenvalue weighted by molar-refractivity contribution is 5.78. The summed E-state index contributed by atoms with van der Waals surface area (Å²) in [5.41, 5.74) is 0. The zero-order valence-electron chi connectivity index (χ0n) is 12.5. The molecule has 1 fully saturated rings. The number of aliphatic carboxylic acids is 1. The molecular formula is C14H25N3O4. The number of nitrogens with one attached hydrogen (secondary N) is 3. The molecule has 0 radical (unpaired) electrons. The number of carboxylic acid groups (broad SMARTS) is 1. The lowest BCUT2D eigenvalue weighted by molar-refractivity contribution is -0.144. The average Bonchev–Trinajstić information content (AvgIpc) is 2.45.